The molecule has 2 amide bonds. The van der Waals surface area contributed by atoms with Crippen LogP contribution in [0.15, 0.2) is 78.9 Å². The molecule has 0 spiro atoms. The molecule has 2 aliphatic rings. The molecule has 0 radical (unpaired) electrons. The summed E-state index contributed by atoms with van der Waals surface area (Å²) in [6.45, 7) is 1.85. The van der Waals surface area contributed by atoms with Gasteiger partial charge in [-0.25, -0.2) is 4.79 Å². The minimum Gasteiger partial charge on any atom is -0.481 e. The third kappa shape index (κ3) is 6.42. The number of nitrogens with zero attached hydrogens (tertiary/aromatic N) is 1. The zero-order valence-corrected chi connectivity index (χ0v) is 22.8. The molecule has 0 saturated carbocycles. The molecule has 1 saturated heterocycles. The number of β-amino-alcohol motifs (C(OH)–C–C–N with tert-alkyl or cyclic N) is 1. The molecule has 9 heteroatoms. The van der Waals surface area contributed by atoms with Crippen molar-refractivity contribution in [2.75, 3.05) is 19.7 Å². The number of piperidine rings is 1. The summed E-state index contributed by atoms with van der Waals surface area (Å²) in [7, 11) is 0. The molecule has 0 aromatic heterocycles. The van der Waals surface area contributed by atoms with Crippen molar-refractivity contribution in [2.24, 2.45) is 5.92 Å². The number of aliphatic carboxylic acids is 1. The maximum atomic E-state index is 13.7. The number of fused-ring (bicyclic) bond motifs is 3. The monoisotopic (exact) mass is 558 g/mol. The van der Waals surface area contributed by atoms with Gasteiger partial charge >= 0.3 is 12.1 Å². The molecule has 2 unspecified atom stereocenters. The summed E-state index contributed by atoms with van der Waals surface area (Å²) in [6.07, 6.45) is -2.48. The van der Waals surface area contributed by atoms with Crippen LogP contribution < -0.4 is 5.32 Å². The second-order valence-corrected chi connectivity index (χ2v) is 10.6. The fourth-order valence-electron chi connectivity index (χ4n) is 5.67. The van der Waals surface area contributed by atoms with E-state index >= 15 is 0 Å². The van der Waals surface area contributed by atoms with Gasteiger partial charge in [0.15, 0.2) is 0 Å². The van der Waals surface area contributed by atoms with E-state index in [0.717, 1.165) is 27.8 Å². The fraction of sp³-hybridized carbons (Fsp3) is 0.344. The molecule has 41 heavy (non-hydrogen) atoms. The van der Waals surface area contributed by atoms with Gasteiger partial charge < -0.3 is 29.9 Å². The van der Waals surface area contributed by atoms with E-state index < -0.39 is 42.1 Å². The third-order valence-corrected chi connectivity index (χ3v) is 7.80. The summed E-state index contributed by atoms with van der Waals surface area (Å²) >= 11 is 0. The van der Waals surface area contributed by atoms with Crippen LogP contribution in [0.3, 0.4) is 0 Å². The zero-order valence-electron chi connectivity index (χ0n) is 22.8. The number of hydrogen-bond donors (Lipinski definition) is 3. The molecule has 4 atom stereocenters. The number of carboxylic acid groups (broad SMARTS) is 1. The van der Waals surface area contributed by atoms with Crippen molar-refractivity contribution in [1.29, 1.82) is 0 Å². The lowest BCUT2D eigenvalue weighted by Gasteiger charge is -2.37. The maximum Gasteiger partial charge on any atom is 0.407 e. The standard InChI is InChI=1S/C32H34N2O7/c1-20(40-18-21-9-3-2-4-10-21)29(30(36)34-16-22(31(37)38)15-23(35)17-34)33-32(39)41-19-28-26-13-7-5-11-24(26)25-12-6-8-14-27(25)28/h2-14,20,22-23,28-29,35H,15-19H2,1H3,(H,33,39)(H,37,38)/t20-,22?,23?,29+/m0/s1. The van der Waals surface area contributed by atoms with Crippen LogP contribution in [0.5, 0.6) is 0 Å². The normalized spacial score (nSPS) is 19.5. The first kappa shape index (κ1) is 28.3. The molecule has 1 aliphatic carbocycles. The van der Waals surface area contributed by atoms with E-state index in [1.807, 2.05) is 78.9 Å². The van der Waals surface area contributed by atoms with Gasteiger partial charge in [-0.3, -0.25) is 9.59 Å². The van der Waals surface area contributed by atoms with Crippen molar-refractivity contribution >= 4 is 18.0 Å². The van der Waals surface area contributed by atoms with Gasteiger partial charge in [0.25, 0.3) is 0 Å². The highest BCUT2D eigenvalue weighted by Gasteiger charge is 2.39. The highest BCUT2D eigenvalue weighted by molar-refractivity contribution is 5.87. The lowest BCUT2D eigenvalue weighted by Crippen LogP contribution is -2.58. The molecule has 214 valence electrons. The molecule has 3 aromatic carbocycles. The number of aliphatic hydroxyl groups excluding tert-OH is 1. The van der Waals surface area contributed by atoms with Crippen LogP contribution in [0, 0.1) is 5.92 Å². The second-order valence-electron chi connectivity index (χ2n) is 10.6. The maximum absolute atomic E-state index is 13.7. The number of benzene rings is 3. The van der Waals surface area contributed by atoms with Crippen LogP contribution in [-0.2, 0) is 25.7 Å². The average molecular weight is 559 g/mol. The fourth-order valence-corrected chi connectivity index (χ4v) is 5.67. The zero-order chi connectivity index (χ0) is 28.9. The smallest absolute Gasteiger partial charge is 0.407 e. The summed E-state index contributed by atoms with van der Waals surface area (Å²) in [4.78, 5) is 39.7. The van der Waals surface area contributed by atoms with Gasteiger partial charge in [-0.2, -0.15) is 0 Å². The number of nitrogens with one attached hydrogen (secondary N) is 1. The van der Waals surface area contributed by atoms with Crippen LogP contribution in [0.4, 0.5) is 4.79 Å². The quantitative estimate of drug-likeness (QED) is 0.365. The van der Waals surface area contributed by atoms with Gasteiger partial charge in [-0.15, -0.1) is 0 Å². The number of ether oxygens (including phenoxy) is 2. The Morgan fingerprint density at radius 1 is 0.927 bits per heavy atom. The van der Waals surface area contributed by atoms with Crippen LogP contribution in [0.2, 0.25) is 0 Å². The van der Waals surface area contributed by atoms with Crippen LogP contribution >= 0.6 is 0 Å². The van der Waals surface area contributed by atoms with E-state index in [4.69, 9.17) is 9.47 Å². The van der Waals surface area contributed by atoms with Crippen LogP contribution in [0.1, 0.15) is 36.0 Å². The Morgan fingerprint density at radius 2 is 1.54 bits per heavy atom. The van der Waals surface area contributed by atoms with Crippen molar-refractivity contribution in [2.45, 2.75) is 44.1 Å². The van der Waals surface area contributed by atoms with E-state index in [2.05, 4.69) is 5.32 Å². The number of rotatable bonds is 9. The molecule has 3 N–H and O–H groups in total. The topological polar surface area (TPSA) is 125 Å². The Morgan fingerprint density at radius 3 is 2.17 bits per heavy atom. The molecule has 3 aromatic rings. The Labute approximate surface area is 238 Å². The molecule has 1 aliphatic heterocycles. The van der Waals surface area contributed by atoms with Crippen molar-refractivity contribution < 1.29 is 34.1 Å². The number of alkyl carbamates (subject to hydrolysis) is 1. The number of amides is 2. The van der Waals surface area contributed by atoms with E-state index in [-0.39, 0.29) is 38.6 Å². The molecule has 5 rings (SSSR count). The predicted octanol–water partition coefficient (Wildman–Crippen LogP) is 3.79. The van der Waals surface area contributed by atoms with E-state index in [1.54, 1.807) is 6.92 Å². The summed E-state index contributed by atoms with van der Waals surface area (Å²) in [5, 5.41) is 22.5. The molecular formula is C32H34N2O7. The first-order chi connectivity index (χ1) is 19.8. The number of likely N-dealkylation sites (tertiary alicyclic amines) is 1. The molecule has 1 fully saturated rings. The van der Waals surface area contributed by atoms with Gasteiger partial charge in [-0.05, 0) is 41.2 Å². The minimum atomic E-state index is -1.16. The van der Waals surface area contributed by atoms with Gasteiger partial charge in [0, 0.05) is 19.0 Å². The molecule has 0 bridgehead atoms. The first-order valence-electron chi connectivity index (χ1n) is 13.8. The van der Waals surface area contributed by atoms with Crippen LogP contribution in [0.25, 0.3) is 11.1 Å². The number of carbonyl (C=O) groups excluding carboxylic acids is 2. The van der Waals surface area contributed by atoms with Crippen molar-refractivity contribution in [3.8, 4) is 11.1 Å². The Hall–Kier alpha value is -4.21. The lowest BCUT2D eigenvalue weighted by molar-refractivity contribution is -0.150. The van der Waals surface area contributed by atoms with Crippen molar-refractivity contribution in [1.82, 2.24) is 10.2 Å². The summed E-state index contributed by atoms with van der Waals surface area (Å²) < 4.78 is 11.7. The van der Waals surface area contributed by atoms with Gasteiger partial charge in [-0.1, -0.05) is 78.9 Å². The van der Waals surface area contributed by atoms with Gasteiger partial charge in [0.2, 0.25) is 5.91 Å². The molecular weight excluding hydrogens is 524 g/mol. The summed E-state index contributed by atoms with van der Waals surface area (Å²) in [5.41, 5.74) is 5.23. The SMILES string of the molecule is C[C@H](OCc1ccccc1)[C@@H](NC(=O)OCC1c2ccccc2-c2ccccc21)C(=O)N1CC(O)CC(C(=O)O)C1. The van der Waals surface area contributed by atoms with Crippen LogP contribution in [-0.4, -0.2) is 71.0 Å². The van der Waals surface area contributed by atoms with Gasteiger partial charge in [0.1, 0.15) is 12.6 Å². The second kappa shape index (κ2) is 12.5. The average Bonchev–Trinajstić information content (AvgIpc) is 3.31. The van der Waals surface area contributed by atoms with Crippen molar-refractivity contribution in [3.05, 3.63) is 95.6 Å². The van der Waals surface area contributed by atoms with E-state index in [1.165, 1.54) is 4.90 Å². The Kier molecular flexibility index (Phi) is 8.66. The predicted molar refractivity (Wildman–Crippen MR) is 151 cm³/mol. The largest absolute Gasteiger partial charge is 0.481 e. The van der Waals surface area contributed by atoms with E-state index in [9.17, 15) is 24.6 Å². The molecule has 9 nitrogen and oxygen atoms in total. The highest BCUT2D eigenvalue weighted by atomic mass is 16.5. The Balaban J connectivity index is 1.30. The molecule has 1 heterocycles. The lowest BCUT2D eigenvalue weighted by atomic mass is 9.95. The number of carbonyl (C=O) groups is 3. The highest BCUT2D eigenvalue weighted by Crippen LogP contribution is 2.44. The number of hydrogen-bond acceptors (Lipinski definition) is 6. The Bertz CT molecular complexity index is 1350. The van der Waals surface area contributed by atoms with Gasteiger partial charge in [0.05, 0.1) is 24.7 Å². The first-order valence-corrected chi connectivity index (χ1v) is 13.8. The number of aliphatic hydroxyl groups is 1. The van der Waals surface area contributed by atoms with E-state index in [0.29, 0.717) is 0 Å². The van der Waals surface area contributed by atoms with Crippen molar-refractivity contribution in [3.63, 3.8) is 0 Å². The minimum absolute atomic E-state index is 0.0309. The summed E-state index contributed by atoms with van der Waals surface area (Å²) in [5.74, 6) is -2.68. The third-order valence-electron chi connectivity index (χ3n) is 7.80. The number of carboxylic acids is 1. The summed E-state index contributed by atoms with van der Waals surface area (Å²) in [6, 6.07) is 24.3.